The van der Waals surface area contributed by atoms with Gasteiger partial charge in [-0.3, -0.25) is 9.59 Å². The molecule has 0 aliphatic carbocycles. The zero-order valence-corrected chi connectivity index (χ0v) is 19.2. The van der Waals surface area contributed by atoms with E-state index in [9.17, 15) is 9.59 Å². The molecule has 1 amide bonds. The Hall–Kier alpha value is -3.23. The van der Waals surface area contributed by atoms with Crippen LogP contribution in [0.2, 0.25) is 0 Å². The lowest BCUT2D eigenvalue weighted by atomic mass is 10.1. The normalized spacial score (nSPS) is 11.4. The monoisotopic (exact) mass is 454 g/mol. The Morgan fingerprint density at radius 3 is 2.50 bits per heavy atom. The van der Waals surface area contributed by atoms with E-state index in [1.54, 1.807) is 36.6 Å². The maximum Gasteiger partial charge on any atom is 0.240 e. The average Bonchev–Trinajstić information content (AvgIpc) is 3.26. The van der Waals surface area contributed by atoms with Crippen LogP contribution in [-0.4, -0.2) is 45.3 Å². The average molecular weight is 455 g/mol. The summed E-state index contributed by atoms with van der Waals surface area (Å²) in [6.07, 6.45) is 0.645. The smallest absolute Gasteiger partial charge is 0.240 e. The molecule has 1 heterocycles. The lowest BCUT2D eigenvalue weighted by molar-refractivity contribution is -0.121. The van der Waals surface area contributed by atoms with E-state index in [1.165, 1.54) is 14.2 Å². The molecule has 0 bridgehead atoms. The van der Waals surface area contributed by atoms with Crippen molar-refractivity contribution in [1.82, 2.24) is 5.43 Å². The van der Waals surface area contributed by atoms with Crippen molar-refractivity contribution in [1.29, 1.82) is 0 Å². The van der Waals surface area contributed by atoms with E-state index in [4.69, 9.17) is 14.2 Å². The predicted molar refractivity (Wildman–Crippen MR) is 126 cm³/mol. The number of hydrazone groups is 1. The zero-order chi connectivity index (χ0) is 22.9. The van der Waals surface area contributed by atoms with Gasteiger partial charge in [-0.2, -0.15) is 5.10 Å². The van der Waals surface area contributed by atoms with Crippen molar-refractivity contribution in [2.45, 2.75) is 19.3 Å². The summed E-state index contributed by atoms with van der Waals surface area (Å²) in [6.45, 7) is 0.483. The molecule has 0 aliphatic heterocycles. The first-order valence-corrected chi connectivity index (χ1v) is 11.0. The maximum absolute atomic E-state index is 12.5. The van der Waals surface area contributed by atoms with Crippen molar-refractivity contribution in [2.24, 2.45) is 5.10 Å². The second-order valence-corrected chi connectivity index (χ2v) is 7.89. The Balaban J connectivity index is 1.65. The number of nitrogens with one attached hydrogen (secondary N) is 1. The topological polar surface area (TPSA) is 86.2 Å². The Morgan fingerprint density at radius 2 is 1.75 bits per heavy atom. The van der Waals surface area contributed by atoms with Gasteiger partial charge in [-0.1, -0.05) is 18.2 Å². The zero-order valence-electron chi connectivity index (χ0n) is 18.3. The van der Waals surface area contributed by atoms with Crippen LogP contribution in [0, 0.1) is 0 Å². The van der Waals surface area contributed by atoms with E-state index in [2.05, 4.69) is 16.6 Å². The van der Waals surface area contributed by atoms with Gasteiger partial charge in [-0.05, 0) is 24.3 Å². The summed E-state index contributed by atoms with van der Waals surface area (Å²) < 4.78 is 16.8. The van der Waals surface area contributed by atoms with Crippen LogP contribution in [0.3, 0.4) is 0 Å². The summed E-state index contributed by atoms with van der Waals surface area (Å²) in [7, 11) is 4.67. The Labute approximate surface area is 191 Å². The van der Waals surface area contributed by atoms with Crippen LogP contribution in [0.5, 0.6) is 11.5 Å². The van der Waals surface area contributed by atoms with Gasteiger partial charge in [0.2, 0.25) is 5.91 Å². The van der Waals surface area contributed by atoms with Gasteiger partial charge in [0.25, 0.3) is 0 Å². The quantitative estimate of drug-likeness (QED) is 0.263. The summed E-state index contributed by atoms with van der Waals surface area (Å²) in [4.78, 5) is 24.9. The fourth-order valence-corrected chi connectivity index (χ4v) is 4.19. The van der Waals surface area contributed by atoms with Gasteiger partial charge < -0.3 is 14.2 Å². The van der Waals surface area contributed by atoms with Gasteiger partial charge in [0.05, 0.1) is 26.5 Å². The lowest BCUT2D eigenvalue weighted by Gasteiger charge is -2.09. The number of carbonyl (C=O) groups is 2. The second-order valence-electron chi connectivity index (χ2n) is 6.97. The van der Waals surface area contributed by atoms with Crippen molar-refractivity contribution >= 4 is 38.8 Å². The number of fused-ring (bicyclic) bond motifs is 1. The SMILES string of the molecule is COCC/C(=N\NC(=O)CCC(=O)c1ccc(OC)c(OC)c1)c1csc2ccccc12. The number of nitrogens with zero attached hydrogens (tertiary/aromatic N) is 1. The molecule has 32 heavy (non-hydrogen) atoms. The molecule has 3 aromatic rings. The molecule has 3 rings (SSSR count). The van der Waals surface area contributed by atoms with Gasteiger partial charge in [0, 0.05) is 53.0 Å². The van der Waals surface area contributed by atoms with E-state index in [1.807, 2.05) is 23.6 Å². The van der Waals surface area contributed by atoms with E-state index in [0.29, 0.717) is 30.1 Å². The molecular formula is C24H26N2O5S. The first-order valence-electron chi connectivity index (χ1n) is 10.1. The number of methoxy groups -OCH3 is 3. The summed E-state index contributed by atoms with van der Waals surface area (Å²) in [5.41, 5.74) is 4.77. The standard InChI is InChI=1S/C24H26N2O5S/c1-29-13-12-19(18-15-32-23-7-5-4-6-17(18)23)25-26-24(28)11-9-20(27)16-8-10-21(30-2)22(14-16)31-3/h4-8,10,14-15H,9,11-13H2,1-3H3,(H,26,28)/b25-19+. The van der Waals surface area contributed by atoms with Crippen LogP contribution in [0.25, 0.3) is 10.1 Å². The molecule has 0 saturated carbocycles. The van der Waals surface area contributed by atoms with Crippen molar-refractivity contribution in [3.63, 3.8) is 0 Å². The van der Waals surface area contributed by atoms with E-state index >= 15 is 0 Å². The van der Waals surface area contributed by atoms with Gasteiger partial charge in [0.15, 0.2) is 17.3 Å². The van der Waals surface area contributed by atoms with Crippen molar-refractivity contribution in [3.8, 4) is 11.5 Å². The summed E-state index contributed by atoms with van der Waals surface area (Å²) in [5.74, 6) is 0.528. The van der Waals surface area contributed by atoms with Gasteiger partial charge in [0.1, 0.15) is 0 Å². The molecule has 1 aromatic heterocycles. The minimum absolute atomic E-state index is 0.0264. The number of amides is 1. The molecule has 0 saturated heterocycles. The fraction of sp³-hybridized carbons (Fsp3) is 0.292. The van der Waals surface area contributed by atoms with Crippen molar-refractivity contribution in [3.05, 3.63) is 59.0 Å². The van der Waals surface area contributed by atoms with Crippen LogP contribution in [0.15, 0.2) is 52.9 Å². The highest BCUT2D eigenvalue weighted by molar-refractivity contribution is 7.17. The van der Waals surface area contributed by atoms with Gasteiger partial charge in [-0.25, -0.2) is 5.43 Å². The molecule has 0 atom stereocenters. The van der Waals surface area contributed by atoms with Crippen molar-refractivity contribution in [2.75, 3.05) is 27.9 Å². The molecule has 0 fully saturated rings. The number of hydrogen-bond donors (Lipinski definition) is 1. The minimum Gasteiger partial charge on any atom is -0.493 e. The number of ketones is 1. The fourth-order valence-electron chi connectivity index (χ4n) is 3.22. The number of carbonyl (C=O) groups excluding carboxylic acids is 2. The highest BCUT2D eigenvalue weighted by Gasteiger charge is 2.14. The van der Waals surface area contributed by atoms with Gasteiger partial charge in [-0.15, -0.1) is 11.3 Å². The van der Waals surface area contributed by atoms with Crippen LogP contribution in [0.4, 0.5) is 0 Å². The summed E-state index contributed by atoms with van der Waals surface area (Å²) >= 11 is 1.63. The third-order valence-corrected chi connectivity index (χ3v) is 5.90. The molecule has 0 radical (unpaired) electrons. The Bertz CT molecular complexity index is 1120. The molecule has 0 unspecified atom stereocenters. The second kappa shape index (κ2) is 11.4. The summed E-state index contributed by atoms with van der Waals surface area (Å²) in [5, 5.41) is 7.47. The minimum atomic E-state index is -0.326. The third kappa shape index (κ3) is 5.72. The Kier molecular flexibility index (Phi) is 8.35. The molecular weight excluding hydrogens is 428 g/mol. The molecule has 168 valence electrons. The largest absolute Gasteiger partial charge is 0.493 e. The first-order chi connectivity index (χ1) is 15.6. The van der Waals surface area contributed by atoms with Crippen LogP contribution in [0.1, 0.15) is 35.2 Å². The Morgan fingerprint density at radius 1 is 0.969 bits per heavy atom. The number of hydrogen-bond acceptors (Lipinski definition) is 7. The van der Waals surface area contributed by atoms with E-state index in [-0.39, 0.29) is 24.5 Å². The highest BCUT2D eigenvalue weighted by Crippen LogP contribution is 2.28. The molecule has 7 nitrogen and oxygen atoms in total. The number of thiophene rings is 1. The molecule has 0 spiro atoms. The number of ether oxygens (including phenoxy) is 3. The number of benzene rings is 2. The van der Waals surface area contributed by atoms with Gasteiger partial charge >= 0.3 is 0 Å². The van der Waals surface area contributed by atoms with Crippen molar-refractivity contribution < 1.29 is 23.8 Å². The predicted octanol–water partition coefficient (Wildman–Crippen LogP) is 4.44. The van der Waals surface area contributed by atoms with E-state index < -0.39 is 0 Å². The maximum atomic E-state index is 12.5. The molecule has 8 heteroatoms. The lowest BCUT2D eigenvalue weighted by Crippen LogP contribution is -2.21. The third-order valence-electron chi connectivity index (χ3n) is 4.94. The van der Waals surface area contributed by atoms with Crippen LogP contribution >= 0.6 is 11.3 Å². The molecule has 0 aliphatic rings. The first kappa shape index (κ1) is 23.4. The highest BCUT2D eigenvalue weighted by atomic mass is 32.1. The number of Topliss-reactive ketones (excluding diaryl/α,β-unsaturated/α-hetero) is 1. The molecule has 2 aromatic carbocycles. The molecule has 1 N–H and O–H groups in total. The van der Waals surface area contributed by atoms with Crippen LogP contribution < -0.4 is 14.9 Å². The summed E-state index contributed by atoms with van der Waals surface area (Å²) in [6, 6.07) is 13.0. The van der Waals surface area contributed by atoms with E-state index in [0.717, 1.165) is 21.4 Å². The number of rotatable bonds is 11. The van der Waals surface area contributed by atoms with Crippen LogP contribution in [-0.2, 0) is 9.53 Å².